The standard InChI is InChI=1S/C11H10BrF3/c1-8(7-12)6-9-4-2-3-5-10(9)11(13,14)15/h2-6H,7H2,1H3/b8-6-. The molecule has 0 N–H and O–H groups in total. The first-order chi connectivity index (χ1) is 6.95. The van der Waals surface area contributed by atoms with Crippen molar-refractivity contribution in [1.29, 1.82) is 0 Å². The summed E-state index contributed by atoms with van der Waals surface area (Å²) in [6.07, 6.45) is -2.75. The molecule has 4 heteroatoms. The van der Waals surface area contributed by atoms with E-state index >= 15 is 0 Å². The lowest BCUT2D eigenvalue weighted by Gasteiger charge is -2.10. The van der Waals surface area contributed by atoms with Crippen molar-refractivity contribution < 1.29 is 13.2 Å². The summed E-state index contributed by atoms with van der Waals surface area (Å²) in [5.74, 6) is 0. The van der Waals surface area contributed by atoms with Crippen LogP contribution in [0.2, 0.25) is 0 Å². The Hall–Kier alpha value is -0.770. The van der Waals surface area contributed by atoms with E-state index in [2.05, 4.69) is 15.9 Å². The van der Waals surface area contributed by atoms with Crippen LogP contribution in [0.4, 0.5) is 13.2 Å². The minimum Gasteiger partial charge on any atom is -0.166 e. The maximum Gasteiger partial charge on any atom is 0.416 e. The maximum atomic E-state index is 12.6. The maximum absolute atomic E-state index is 12.6. The molecule has 15 heavy (non-hydrogen) atoms. The molecule has 1 aromatic rings. The van der Waals surface area contributed by atoms with Crippen LogP contribution in [0.25, 0.3) is 6.08 Å². The Morgan fingerprint density at radius 3 is 2.47 bits per heavy atom. The van der Waals surface area contributed by atoms with Crippen LogP contribution in [0.3, 0.4) is 0 Å². The second kappa shape index (κ2) is 4.84. The lowest BCUT2D eigenvalue weighted by molar-refractivity contribution is -0.137. The van der Waals surface area contributed by atoms with Crippen molar-refractivity contribution in [2.45, 2.75) is 13.1 Å². The van der Waals surface area contributed by atoms with Crippen molar-refractivity contribution in [3.8, 4) is 0 Å². The third-order valence-electron chi connectivity index (χ3n) is 1.88. The highest BCUT2D eigenvalue weighted by molar-refractivity contribution is 9.09. The number of rotatable bonds is 2. The van der Waals surface area contributed by atoms with Crippen LogP contribution in [0.5, 0.6) is 0 Å². The summed E-state index contributed by atoms with van der Waals surface area (Å²) in [7, 11) is 0. The topological polar surface area (TPSA) is 0 Å². The van der Waals surface area contributed by atoms with Gasteiger partial charge in [-0.1, -0.05) is 45.8 Å². The van der Waals surface area contributed by atoms with E-state index in [9.17, 15) is 13.2 Å². The zero-order valence-electron chi connectivity index (χ0n) is 8.11. The molecule has 0 bridgehead atoms. The lowest BCUT2D eigenvalue weighted by Crippen LogP contribution is -2.07. The van der Waals surface area contributed by atoms with Gasteiger partial charge in [-0.15, -0.1) is 0 Å². The summed E-state index contributed by atoms with van der Waals surface area (Å²) in [5.41, 5.74) is 0.471. The largest absolute Gasteiger partial charge is 0.416 e. The third kappa shape index (κ3) is 3.38. The minimum atomic E-state index is -4.29. The van der Waals surface area contributed by atoms with E-state index in [1.807, 2.05) is 0 Å². The summed E-state index contributed by atoms with van der Waals surface area (Å²) < 4.78 is 37.7. The molecule has 82 valence electrons. The number of benzene rings is 1. The molecule has 0 fully saturated rings. The first-order valence-corrected chi connectivity index (χ1v) is 5.46. The molecule has 0 saturated heterocycles. The van der Waals surface area contributed by atoms with Crippen molar-refractivity contribution in [2.24, 2.45) is 0 Å². The molecule has 1 aromatic carbocycles. The highest BCUT2D eigenvalue weighted by Crippen LogP contribution is 2.32. The van der Waals surface area contributed by atoms with Crippen molar-refractivity contribution >= 4 is 22.0 Å². The predicted molar refractivity (Wildman–Crippen MR) is 58.9 cm³/mol. The van der Waals surface area contributed by atoms with Gasteiger partial charge in [0, 0.05) is 5.33 Å². The van der Waals surface area contributed by atoms with Gasteiger partial charge in [0.05, 0.1) is 5.56 Å². The molecule has 0 spiro atoms. The summed E-state index contributed by atoms with van der Waals surface area (Å²) in [6.45, 7) is 1.78. The van der Waals surface area contributed by atoms with Crippen molar-refractivity contribution in [2.75, 3.05) is 5.33 Å². The normalized spacial score (nSPS) is 13.0. The highest BCUT2D eigenvalue weighted by atomic mass is 79.9. The molecule has 0 aliphatic rings. The zero-order valence-corrected chi connectivity index (χ0v) is 9.69. The van der Waals surface area contributed by atoms with Crippen molar-refractivity contribution in [3.05, 3.63) is 41.0 Å². The van der Waals surface area contributed by atoms with Crippen LogP contribution in [0.15, 0.2) is 29.8 Å². The van der Waals surface area contributed by atoms with Gasteiger partial charge in [0.15, 0.2) is 0 Å². The monoisotopic (exact) mass is 278 g/mol. The summed E-state index contributed by atoms with van der Waals surface area (Å²) in [5, 5.41) is 0.569. The summed E-state index contributed by atoms with van der Waals surface area (Å²) in [6, 6.07) is 5.55. The lowest BCUT2D eigenvalue weighted by atomic mass is 10.1. The Balaban J connectivity index is 3.19. The Morgan fingerprint density at radius 2 is 1.93 bits per heavy atom. The van der Waals surface area contributed by atoms with E-state index < -0.39 is 11.7 Å². The SMILES string of the molecule is C/C(=C/c1ccccc1C(F)(F)F)CBr. The molecule has 0 heterocycles. The molecular formula is C11H10BrF3. The molecule has 0 nitrogen and oxygen atoms in total. The second-order valence-corrected chi connectivity index (χ2v) is 3.77. The fraction of sp³-hybridized carbons (Fsp3) is 0.273. The summed E-state index contributed by atoms with van der Waals surface area (Å²) in [4.78, 5) is 0. The highest BCUT2D eigenvalue weighted by Gasteiger charge is 2.32. The average molecular weight is 279 g/mol. The van der Waals surface area contributed by atoms with E-state index in [0.717, 1.165) is 11.6 Å². The number of hydrogen-bond acceptors (Lipinski definition) is 0. The molecule has 0 aliphatic carbocycles. The molecule has 0 atom stereocenters. The predicted octanol–water partition coefficient (Wildman–Crippen LogP) is 4.50. The van der Waals surface area contributed by atoms with Gasteiger partial charge in [-0.25, -0.2) is 0 Å². The molecule has 0 unspecified atom stereocenters. The smallest absolute Gasteiger partial charge is 0.166 e. The van der Waals surface area contributed by atoms with Gasteiger partial charge in [0.25, 0.3) is 0 Å². The van der Waals surface area contributed by atoms with Crippen molar-refractivity contribution in [3.63, 3.8) is 0 Å². The van der Waals surface area contributed by atoms with Crippen LogP contribution in [-0.4, -0.2) is 5.33 Å². The second-order valence-electron chi connectivity index (χ2n) is 3.21. The molecule has 1 rings (SSSR count). The van der Waals surface area contributed by atoms with E-state index in [1.54, 1.807) is 13.0 Å². The van der Waals surface area contributed by atoms with Crippen LogP contribution in [0.1, 0.15) is 18.1 Å². The third-order valence-corrected chi connectivity index (χ3v) is 2.76. The molecule has 0 radical (unpaired) electrons. The average Bonchev–Trinajstić information content (AvgIpc) is 2.17. The Kier molecular flexibility index (Phi) is 3.97. The van der Waals surface area contributed by atoms with Gasteiger partial charge in [-0.05, 0) is 18.6 Å². The number of alkyl halides is 4. The van der Waals surface area contributed by atoms with Gasteiger partial charge in [-0.3, -0.25) is 0 Å². The molecular weight excluding hydrogens is 269 g/mol. The van der Waals surface area contributed by atoms with Gasteiger partial charge < -0.3 is 0 Å². The van der Waals surface area contributed by atoms with Crippen LogP contribution < -0.4 is 0 Å². The van der Waals surface area contributed by atoms with Gasteiger partial charge in [0.1, 0.15) is 0 Å². The minimum absolute atomic E-state index is 0.210. The fourth-order valence-electron chi connectivity index (χ4n) is 1.19. The number of hydrogen-bond donors (Lipinski definition) is 0. The van der Waals surface area contributed by atoms with Crippen LogP contribution in [-0.2, 0) is 6.18 Å². The van der Waals surface area contributed by atoms with E-state index in [0.29, 0.717) is 5.33 Å². The first-order valence-electron chi connectivity index (χ1n) is 4.34. The molecule has 0 saturated carbocycles. The van der Waals surface area contributed by atoms with E-state index in [4.69, 9.17) is 0 Å². The Labute approximate surface area is 94.9 Å². The van der Waals surface area contributed by atoms with Gasteiger partial charge in [0.2, 0.25) is 0 Å². The Bertz CT molecular complexity index is 366. The van der Waals surface area contributed by atoms with Gasteiger partial charge >= 0.3 is 6.18 Å². The number of halogens is 4. The van der Waals surface area contributed by atoms with Crippen LogP contribution in [0, 0.1) is 0 Å². The molecule has 0 aliphatic heterocycles. The van der Waals surface area contributed by atoms with Crippen molar-refractivity contribution in [1.82, 2.24) is 0 Å². The quantitative estimate of drug-likeness (QED) is 0.699. The molecule has 0 aromatic heterocycles. The fourth-order valence-corrected chi connectivity index (χ4v) is 1.35. The Morgan fingerprint density at radius 1 is 1.33 bits per heavy atom. The first kappa shape index (κ1) is 12.3. The molecule has 0 amide bonds. The van der Waals surface area contributed by atoms with Gasteiger partial charge in [-0.2, -0.15) is 13.2 Å². The van der Waals surface area contributed by atoms with E-state index in [-0.39, 0.29) is 5.56 Å². The van der Waals surface area contributed by atoms with E-state index in [1.165, 1.54) is 18.2 Å². The summed E-state index contributed by atoms with van der Waals surface area (Å²) >= 11 is 3.20. The number of allylic oxidation sites excluding steroid dienone is 1. The van der Waals surface area contributed by atoms with Crippen LogP contribution >= 0.6 is 15.9 Å². The zero-order chi connectivity index (χ0) is 11.5.